The molecule has 0 amide bonds. The lowest BCUT2D eigenvalue weighted by molar-refractivity contribution is 0.0908. The molecule has 3 aliphatic rings. The standard InChI is InChI=1S/C17H14O3/c1-19-17-14-11(7-10-4-5-20-16(10)17)12-8-2-3-9(6-8)13(12)15(14)18/h2-5,7-9,12-13H,6H2,1H3/t8-,9+,12?,13?/m1/s1. The van der Waals surface area contributed by atoms with E-state index in [0.29, 0.717) is 29.1 Å². The van der Waals surface area contributed by atoms with Crippen LogP contribution in [0.25, 0.3) is 11.0 Å². The van der Waals surface area contributed by atoms with E-state index in [1.807, 2.05) is 6.07 Å². The minimum Gasteiger partial charge on any atom is -0.492 e. The third-order valence-electron chi connectivity index (χ3n) is 5.30. The van der Waals surface area contributed by atoms with E-state index in [1.54, 1.807) is 13.4 Å². The van der Waals surface area contributed by atoms with Gasteiger partial charge in [-0.05, 0) is 36.0 Å². The Morgan fingerprint density at radius 2 is 2.05 bits per heavy atom. The van der Waals surface area contributed by atoms with Gasteiger partial charge in [0, 0.05) is 17.2 Å². The van der Waals surface area contributed by atoms with Crippen molar-refractivity contribution in [1.82, 2.24) is 0 Å². The number of ether oxygens (including phenoxy) is 1. The average Bonchev–Trinajstić information content (AvgIpc) is 3.19. The predicted octanol–water partition coefficient (Wildman–Crippen LogP) is 3.54. The molecule has 3 aliphatic carbocycles. The minimum absolute atomic E-state index is 0.125. The Kier molecular flexibility index (Phi) is 1.79. The second-order valence-electron chi connectivity index (χ2n) is 6.08. The zero-order valence-electron chi connectivity index (χ0n) is 11.1. The zero-order chi connectivity index (χ0) is 13.4. The van der Waals surface area contributed by atoms with Gasteiger partial charge in [-0.2, -0.15) is 0 Å². The highest BCUT2D eigenvalue weighted by Gasteiger charge is 2.55. The molecule has 0 N–H and O–H groups in total. The van der Waals surface area contributed by atoms with Crippen molar-refractivity contribution in [3.63, 3.8) is 0 Å². The maximum atomic E-state index is 12.9. The fourth-order valence-corrected chi connectivity index (χ4v) is 4.58. The van der Waals surface area contributed by atoms with E-state index >= 15 is 0 Å². The normalized spacial score (nSPS) is 33.0. The molecule has 5 rings (SSSR count). The Balaban J connectivity index is 1.85. The van der Waals surface area contributed by atoms with Gasteiger partial charge in [0.1, 0.15) is 0 Å². The SMILES string of the molecule is COc1c2c(cc3ccoc13)C1C(C2=O)[C@H]2C=C[C@@H]1C2. The number of fused-ring (bicyclic) bond motifs is 8. The first-order valence-corrected chi connectivity index (χ1v) is 7.10. The van der Waals surface area contributed by atoms with E-state index in [0.717, 1.165) is 17.4 Å². The van der Waals surface area contributed by atoms with Crippen LogP contribution in [0.2, 0.25) is 0 Å². The molecule has 0 radical (unpaired) electrons. The van der Waals surface area contributed by atoms with Gasteiger partial charge in [0.25, 0.3) is 0 Å². The number of Topliss-reactive ketones (excluding diaryl/α,β-unsaturated/α-hetero) is 1. The molecule has 2 unspecified atom stereocenters. The molecular formula is C17H14O3. The quantitative estimate of drug-likeness (QED) is 0.741. The number of rotatable bonds is 1. The molecule has 1 heterocycles. The van der Waals surface area contributed by atoms with E-state index in [2.05, 4.69) is 18.2 Å². The summed E-state index contributed by atoms with van der Waals surface area (Å²) in [5.74, 6) is 2.28. The van der Waals surface area contributed by atoms with Gasteiger partial charge in [0.15, 0.2) is 17.1 Å². The molecule has 1 aromatic heterocycles. The molecule has 100 valence electrons. The number of hydrogen-bond acceptors (Lipinski definition) is 3. The van der Waals surface area contributed by atoms with Crippen LogP contribution in [0.15, 0.2) is 35.0 Å². The van der Waals surface area contributed by atoms with Crippen LogP contribution in [0, 0.1) is 17.8 Å². The van der Waals surface area contributed by atoms with Crippen LogP contribution in [0.1, 0.15) is 28.3 Å². The van der Waals surface area contributed by atoms with Gasteiger partial charge in [-0.15, -0.1) is 0 Å². The van der Waals surface area contributed by atoms with Gasteiger partial charge < -0.3 is 9.15 Å². The third kappa shape index (κ3) is 1.03. The van der Waals surface area contributed by atoms with Gasteiger partial charge in [0.2, 0.25) is 0 Å². The van der Waals surface area contributed by atoms with Crippen molar-refractivity contribution in [2.45, 2.75) is 12.3 Å². The molecule has 4 atom stereocenters. The van der Waals surface area contributed by atoms with Crippen molar-refractivity contribution in [1.29, 1.82) is 0 Å². The Morgan fingerprint density at radius 3 is 2.85 bits per heavy atom. The summed E-state index contributed by atoms with van der Waals surface area (Å²) in [7, 11) is 1.62. The van der Waals surface area contributed by atoms with Crippen molar-refractivity contribution in [3.8, 4) is 5.75 Å². The highest BCUT2D eigenvalue weighted by Crippen LogP contribution is 2.60. The fourth-order valence-electron chi connectivity index (χ4n) is 4.58. The molecule has 2 aromatic rings. The number of allylic oxidation sites excluding steroid dienone is 2. The fraction of sp³-hybridized carbons (Fsp3) is 0.353. The number of carbonyl (C=O) groups is 1. The molecule has 3 heteroatoms. The van der Waals surface area contributed by atoms with Crippen molar-refractivity contribution in [3.05, 3.63) is 41.7 Å². The lowest BCUT2D eigenvalue weighted by atomic mass is 9.83. The largest absolute Gasteiger partial charge is 0.492 e. The summed E-state index contributed by atoms with van der Waals surface area (Å²) < 4.78 is 11.0. The second-order valence-corrected chi connectivity index (χ2v) is 6.08. The first-order chi connectivity index (χ1) is 9.79. The molecule has 0 saturated heterocycles. The molecule has 20 heavy (non-hydrogen) atoms. The first kappa shape index (κ1) is 10.7. The summed E-state index contributed by atoms with van der Waals surface area (Å²) in [6.07, 6.45) is 7.31. The van der Waals surface area contributed by atoms with E-state index in [4.69, 9.17) is 9.15 Å². The summed E-state index contributed by atoms with van der Waals surface area (Å²) in [6.45, 7) is 0. The van der Waals surface area contributed by atoms with Gasteiger partial charge in [-0.3, -0.25) is 4.79 Å². The zero-order valence-corrected chi connectivity index (χ0v) is 11.1. The molecule has 3 nitrogen and oxygen atoms in total. The van der Waals surface area contributed by atoms with Crippen LogP contribution in [-0.2, 0) is 0 Å². The molecule has 1 saturated carbocycles. The first-order valence-electron chi connectivity index (χ1n) is 7.10. The minimum atomic E-state index is 0.125. The number of hydrogen-bond donors (Lipinski definition) is 0. The number of ketones is 1. The molecule has 0 aliphatic heterocycles. The lowest BCUT2D eigenvalue weighted by Gasteiger charge is -2.19. The summed E-state index contributed by atoms with van der Waals surface area (Å²) in [5, 5.41) is 1.03. The maximum Gasteiger partial charge on any atom is 0.176 e. The Morgan fingerprint density at radius 1 is 1.25 bits per heavy atom. The summed E-state index contributed by atoms with van der Waals surface area (Å²) in [5.41, 5.74) is 2.63. The Bertz CT molecular complexity index is 783. The number of benzene rings is 1. The van der Waals surface area contributed by atoms with Crippen LogP contribution in [0.5, 0.6) is 5.75 Å². The van der Waals surface area contributed by atoms with Gasteiger partial charge in [-0.25, -0.2) is 0 Å². The second kappa shape index (κ2) is 3.35. The summed E-state index contributed by atoms with van der Waals surface area (Å²) >= 11 is 0. The molecule has 1 aromatic carbocycles. The van der Waals surface area contributed by atoms with Crippen molar-refractivity contribution in [2.75, 3.05) is 7.11 Å². The molecule has 2 bridgehead atoms. The van der Waals surface area contributed by atoms with Gasteiger partial charge >= 0.3 is 0 Å². The highest BCUT2D eigenvalue weighted by molar-refractivity contribution is 6.10. The number of methoxy groups -OCH3 is 1. The highest BCUT2D eigenvalue weighted by atomic mass is 16.5. The maximum absolute atomic E-state index is 12.9. The summed E-state index contributed by atoms with van der Waals surface area (Å²) in [6, 6.07) is 4.08. The van der Waals surface area contributed by atoms with Crippen LogP contribution in [-0.4, -0.2) is 12.9 Å². The van der Waals surface area contributed by atoms with E-state index in [9.17, 15) is 4.79 Å². The smallest absolute Gasteiger partial charge is 0.176 e. The van der Waals surface area contributed by atoms with Crippen LogP contribution in [0.4, 0.5) is 0 Å². The summed E-state index contributed by atoms with van der Waals surface area (Å²) in [4.78, 5) is 12.9. The third-order valence-corrected chi connectivity index (χ3v) is 5.30. The predicted molar refractivity (Wildman–Crippen MR) is 74.1 cm³/mol. The van der Waals surface area contributed by atoms with Crippen molar-refractivity contribution >= 4 is 16.8 Å². The monoisotopic (exact) mass is 266 g/mol. The lowest BCUT2D eigenvalue weighted by Crippen LogP contribution is -2.18. The Hall–Kier alpha value is -2.03. The van der Waals surface area contributed by atoms with Gasteiger partial charge in [-0.1, -0.05) is 12.2 Å². The molecule has 1 fully saturated rings. The van der Waals surface area contributed by atoms with Crippen molar-refractivity contribution in [2.24, 2.45) is 17.8 Å². The van der Waals surface area contributed by atoms with E-state index in [-0.39, 0.29) is 11.7 Å². The molecule has 0 spiro atoms. The van der Waals surface area contributed by atoms with E-state index in [1.165, 1.54) is 5.56 Å². The Labute approximate surface area is 116 Å². The topological polar surface area (TPSA) is 39.4 Å². The molecular weight excluding hydrogens is 252 g/mol. The average molecular weight is 266 g/mol. The number of furan rings is 1. The van der Waals surface area contributed by atoms with Crippen molar-refractivity contribution < 1.29 is 13.9 Å². The van der Waals surface area contributed by atoms with E-state index < -0.39 is 0 Å². The number of carbonyl (C=O) groups excluding carboxylic acids is 1. The van der Waals surface area contributed by atoms with Crippen LogP contribution >= 0.6 is 0 Å². The van der Waals surface area contributed by atoms with Crippen LogP contribution in [0.3, 0.4) is 0 Å². The van der Waals surface area contributed by atoms with Gasteiger partial charge in [0.05, 0.1) is 18.9 Å². The van der Waals surface area contributed by atoms with Crippen LogP contribution < -0.4 is 4.74 Å².